The fourth-order valence-corrected chi connectivity index (χ4v) is 6.32. The normalized spacial score (nSPS) is 22.6. The lowest BCUT2D eigenvalue weighted by Gasteiger charge is -2.41. The Morgan fingerprint density at radius 3 is 2.52 bits per heavy atom. The van der Waals surface area contributed by atoms with E-state index in [0.717, 1.165) is 0 Å². The van der Waals surface area contributed by atoms with Gasteiger partial charge in [-0.15, -0.1) is 0 Å². The van der Waals surface area contributed by atoms with Crippen molar-refractivity contribution in [3.05, 3.63) is 111 Å². The van der Waals surface area contributed by atoms with Crippen LogP contribution in [0.1, 0.15) is 76.7 Å². The summed E-state index contributed by atoms with van der Waals surface area (Å²) >= 11 is 6.24. The van der Waals surface area contributed by atoms with Gasteiger partial charge in [-0.3, -0.25) is 9.69 Å². The van der Waals surface area contributed by atoms with E-state index < -0.39 is 35.3 Å². The molecule has 2 N–H and O–H groups in total. The molecule has 10 nitrogen and oxygen atoms in total. The van der Waals surface area contributed by atoms with E-state index >= 15 is 4.39 Å². The number of nitriles is 1. The molecule has 6 rings (SSSR count). The molecule has 1 aliphatic carbocycles. The Morgan fingerprint density at radius 2 is 1.93 bits per heavy atom. The molecule has 2 aromatic heterocycles. The number of carbonyl (C=O) groups excluding carboxylic acids is 1. The van der Waals surface area contributed by atoms with Crippen LogP contribution in [0, 0.1) is 17.1 Å². The molecule has 0 spiro atoms. The lowest BCUT2D eigenvalue weighted by Crippen LogP contribution is -2.49. The first kappa shape index (κ1) is 29.8. The summed E-state index contributed by atoms with van der Waals surface area (Å²) in [7, 11) is 1.76. The molecule has 226 valence electrons. The molecule has 1 amide bonds. The lowest BCUT2D eigenvalue weighted by molar-refractivity contribution is -0.149. The molecule has 1 aliphatic heterocycles. The molecule has 4 atom stereocenters. The number of aliphatic hydroxyl groups is 2. The highest BCUT2D eigenvalue weighted by Gasteiger charge is 2.56. The minimum absolute atomic E-state index is 0.00458. The van der Waals surface area contributed by atoms with Crippen LogP contribution in [-0.4, -0.2) is 52.7 Å². The summed E-state index contributed by atoms with van der Waals surface area (Å²) < 4.78 is 25.3. The molecule has 2 aromatic carbocycles. The molecule has 0 saturated heterocycles. The molecule has 4 aromatic rings. The molecule has 12 heteroatoms. The van der Waals surface area contributed by atoms with Crippen molar-refractivity contribution in [1.82, 2.24) is 24.4 Å². The Hall–Kier alpha value is -4.21. The minimum Gasteiger partial charge on any atom is -0.393 e. The number of aryl methyl sites for hydroxylation is 1. The van der Waals surface area contributed by atoms with Gasteiger partial charge in [-0.05, 0) is 55.5 Å². The third-order valence-corrected chi connectivity index (χ3v) is 8.72. The maximum atomic E-state index is 16.8. The van der Waals surface area contributed by atoms with Gasteiger partial charge in [-0.2, -0.15) is 5.26 Å². The zero-order valence-corrected chi connectivity index (χ0v) is 24.9. The first-order chi connectivity index (χ1) is 21.1. The maximum absolute atomic E-state index is 16.8. The Balaban J connectivity index is 1.58. The fraction of sp³-hybridized carbons (Fsp3) is 0.344. The first-order valence-corrected chi connectivity index (χ1v) is 14.7. The van der Waals surface area contributed by atoms with E-state index in [1.807, 2.05) is 6.07 Å². The average molecular weight is 617 g/mol. The van der Waals surface area contributed by atoms with Crippen LogP contribution < -0.4 is 0 Å². The molecule has 3 heterocycles. The summed E-state index contributed by atoms with van der Waals surface area (Å²) in [6, 6.07) is 11.3. The predicted molar refractivity (Wildman–Crippen MR) is 156 cm³/mol. The van der Waals surface area contributed by atoms with E-state index in [-0.39, 0.29) is 41.0 Å². The van der Waals surface area contributed by atoms with Gasteiger partial charge < -0.3 is 19.5 Å². The standard InChI is InChI=1S/C32H30ClFN6O4/c1-3-31(43,27-16-39(2)18-38-27)21-10-25-29(26(34)11-21)32(20-4-6-22(33)7-5-20,44-24-9-8-23(41)12-24)40(30(25)42)17-28-36-14-19(13-35)15-37-28/h4-7,10-11,14-16,18,23-24,41,43H,3,8-9,12,17H2,1-2H3. The molecule has 2 aliphatic rings. The smallest absolute Gasteiger partial charge is 0.257 e. The fourth-order valence-electron chi connectivity index (χ4n) is 6.19. The second kappa shape index (κ2) is 11.4. The number of aliphatic hydroxyl groups excluding tert-OH is 1. The minimum atomic E-state index is -1.79. The van der Waals surface area contributed by atoms with Gasteiger partial charge >= 0.3 is 0 Å². The summed E-state index contributed by atoms with van der Waals surface area (Å²) in [5.41, 5.74) is -2.33. The number of hydrogen-bond donors (Lipinski definition) is 2. The summed E-state index contributed by atoms with van der Waals surface area (Å²) in [5.74, 6) is -1.12. The van der Waals surface area contributed by atoms with E-state index in [1.165, 1.54) is 29.4 Å². The highest BCUT2D eigenvalue weighted by atomic mass is 35.5. The van der Waals surface area contributed by atoms with Crippen LogP contribution in [0.25, 0.3) is 0 Å². The van der Waals surface area contributed by atoms with Crippen molar-refractivity contribution in [2.75, 3.05) is 0 Å². The highest BCUT2D eigenvalue weighted by Crippen LogP contribution is 2.50. The third-order valence-electron chi connectivity index (χ3n) is 8.47. The molecule has 44 heavy (non-hydrogen) atoms. The van der Waals surface area contributed by atoms with Gasteiger partial charge in [0.2, 0.25) is 5.72 Å². The van der Waals surface area contributed by atoms with Crippen LogP contribution in [0.2, 0.25) is 5.02 Å². The number of ether oxygens (including phenoxy) is 1. The molecular formula is C32H30ClFN6O4. The van der Waals surface area contributed by atoms with E-state index in [4.69, 9.17) is 16.3 Å². The van der Waals surface area contributed by atoms with Crippen LogP contribution in [0.15, 0.2) is 61.3 Å². The van der Waals surface area contributed by atoms with Crippen molar-refractivity contribution in [3.8, 4) is 6.07 Å². The zero-order valence-electron chi connectivity index (χ0n) is 24.1. The van der Waals surface area contributed by atoms with Gasteiger partial charge in [0, 0.05) is 36.2 Å². The van der Waals surface area contributed by atoms with Gasteiger partial charge in [0.1, 0.15) is 23.3 Å². The van der Waals surface area contributed by atoms with Gasteiger partial charge in [-0.25, -0.2) is 19.3 Å². The van der Waals surface area contributed by atoms with Crippen molar-refractivity contribution in [3.63, 3.8) is 0 Å². The van der Waals surface area contributed by atoms with Crippen molar-refractivity contribution >= 4 is 17.5 Å². The predicted octanol–water partition coefficient (Wildman–Crippen LogP) is 4.31. The number of aromatic nitrogens is 4. The number of rotatable bonds is 8. The quantitative estimate of drug-likeness (QED) is 0.299. The van der Waals surface area contributed by atoms with Crippen molar-refractivity contribution < 1.29 is 24.1 Å². The Morgan fingerprint density at radius 1 is 1.20 bits per heavy atom. The number of carbonyl (C=O) groups is 1. The van der Waals surface area contributed by atoms with Crippen molar-refractivity contribution in [2.45, 2.75) is 62.7 Å². The third kappa shape index (κ3) is 4.94. The first-order valence-electron chi connectivity index (χ1n) is 14.3. The number of halogens is 2. The maximum Gasteiger partial charge on any atom is 0.257 e. The average Bonchev–Trinajstić information content (AvgIpc) is 3.71. The van der Waals surface area contributed by atoms with E-state index in [0.29, 0.717) is 35.5 Å². The van der Waals surface area contributed by atoms with E-state index in [9.17, 15) is 20.3 Å². The molecular weight excluding hydrogens is 587 g/mol. The lowest BCUT2D eigenvalue weighted by atomic mass is 9.84. The number of benzene rings is 2. The van der Waals surface area contributed by atoms with Gasteiger partial charge in [0.15, 0.2) is 0 Å². The van der Waals surface area contributed by atoms with E-state index in [1.54, 1.807) is 55.3 Å². The van der Waals surface area contributed by atoms with Gasteiger partial charge in [-0.1, -0.05) is 30.7 Å². The summed E-state index contributed by atoms with van der Waals surface area (Å²) in [6.07, 6.45) is 6.24. The van der Waals surface area contributed by atoms with E-state index in [2.05, 4.69) is 15.0 Å². The molecule has 4 unspecified atom stereocenters. The second-order valence-electron chi connectivity index (χ2n) is 11.3. The number of hydrogen-bond acceptors (Lipinski definition) is 8. The molecule has 0 radical (unpaired) electrons. The monoisotopic (exact) mass is 616 g/mol. The zero-order chi connectivity index (χ0) is 31.2. The Bertz CT molecular complexity index is 1760. The summed E-state index contributed by atoms with van der Waals surface area (Å²) in [6.45, 7) is 1.56. The SMILES string of the molecule is CCC(O)(c1cc(F)c2c(c1)C(=O)N(Cc1ncc(C#N)cn1)C2(OC1CCC(O)C1)c1ccc(Cl)cc1)c1cn(C)cn1. The summed E-state index contributed by atoms with van der Waals surface area (Å²) in [5, 5.41) is 31.8. The highest BCUT2D eigenvalue weighted by molar-refractivity contribution is 6.30. The van der Waals surface area contributed by atoms with Crippen LogP contribution in [0.3, 0.4) is 0 Å². The number of nitrogens with zero attached hydrogens (tertiary/aromatic N) is 6. The summed E-state index contributed by atoms with van der Waals surface area (Å²) in [4.78, 5) is 28.7. The number of imidazole rings is 1. The van der Waals surface area contributed by atoms with Crippen molar-refractivity contribution in [2.24, 2.45) is 7.05 Å². The Kier molecular flexibility index (Phi) is 7.71. The Labute approximate surface area is 258 Å². The van der Waals surface area contributed by atoms with Gasteiger partial charge in [0.05, 0.1) is 47.5 Å². The van der Waals surface area contributed by atoms with Crippen LogP contribution in [0.5, 0.6) is 0 Å². The topological polar surface area (TPSA) is 137 Å². The van der Waals surface area contributed by atoms with Gasteiger partial charge in [0.25, 0.3) is 5.91 Å². The number of fused-ring (bicyclic) bond motifs is 1. The van der Waals surface area contributed by atoms with Crippen LogP contribution >= 0.6 is 11.6 Å². The van der Waals surface area contributed by atoms with Crippen LogP contribution in [-0.2, 0) is 29.7 Å². The second-order valence-corrected chi connectivity index (χ2v) is 11.7. The number of amides is 1. The van der Waals surface area contributed by atoms with Crippen molar-refractivity contribution in [1.29, 1.82) is 5.26 Å². The van der Waals surface area contributed by atoms with Crippen LogP contribution in [0.4, 0.5) is 4.39 Å². The molecule has 0 bridgehead atoms. The molecule has 1 fully saturated rings. The molecule has 1 saturated carbocycles. The largest absolute Gasteiger partial charge is 0.393 e.